The SMILES string of the molecule is COCCN=C1NC(=O)C(c2c(C)nn(C)c2OC)N1. The zero-order valence-corrected chi connectivity index (χ0v) is 12.1. The minimum atomic E-state index is -0.542. The molecule has 2 heterocycles. The number of hydrogen-bond donors (Lipinski definition) is 2. The highest BCUT2D eigenvalue weighted by Crippen LogP contribution is 2.29. The summed E-state index contributed by atoms with van der Waals surface area (Å²) in [6.45, 7) is 2.82. The van der Waals surface area contributed by atoms with Gasteiger partial charge in [-0.05, 0) is 6.92 Å². The summed E-state index contributed by atoms with van der Waals surface area (Å²) in [7, 11) is 4.93. The van der Waals surface area contributed by atoms with Crippen LogP contribution in [0.4, 0.5) is 0 Å². The number of aryl methyl sites for hydroxylation is 2. The molecule has 8 heteroatoms. The van der Waals surface area contributed by atoms with Crippen LogP contribution in [0.3, 0.4) is 0 Å². The third-order valence-corrected chi connectivity index (χ3v) is 3.05. The molecular weight excluding hydrogens is 262 g/mol. The third-order valence-electron chi connectivity index (χ3n) is 3.05. The molecule has 1 fully saturated rings. The van der Waals surface area contributed by atoms with E-state index in [0.717, 1.165) is 11.3 Å². The van der Waals surface area contributed by atoms with E-state index >= 15 is 0 Å². The molecule has 2 N–H and O–H groups in total. The van der Waals surface area contributed by atoms with Crippen molar-refractivity contribution in [3.63, 3.8) is 0 Å². The van der Waals surface area contributed by atoms with Crippen molar-refractivity contribution in [3.8, 4) is 5.88 Å². The monoisotopic (exact) mass is 281 g/mol. The van der Waals surface area contributed by atoms with Gasteiger partial charge in [-0.25, -0.2) is 4.68 Å². The molecule has 110 valence electrons. The first-order valence-electron chi connectivity index (χ1n) is 6.26. The van der Waals surface area contributed by atoms with Crippen LogP contribution in [0, 0.1) is 6.92 Å². The fourth-order valence-corrected chi connectivity index (χ4v) is 2.19. The van der Waals surface area contributed by atoms with E-state index in [9.17, 15) is 4.79 Å². The summed E-state index contributed by atoms with van der Waals surface area (Å²) in [4.78, 5) is 16.3. The van der Waals surface area contributed by atoms with Gasteiger partial charge in [-0.1, -0.05) is 0 Å². The number of amides is 1. The van der Waals surface area contributed by atoms with Gasteiger partial charge in [0.2, 0.25) is 5.88 Å². The lowest BCUT2D eigenvalue weighted by Gasteiger charge is -2.09. The number of carbonyl (C=O) groups is 1. The number of ether oxygens (including phenoxy) is 2. The predicted molar refractivity (Wildman–Crippen MR) is 72.7 cm³/mol. The molecule has 1 aromatic heterocycles. The van der Waals surface area contributed by atoms with Crippen molar-refractivity contribution in [1.29, 1.82) is 0 Å². The maximum Gasteiger partial charge on any atom is 0.254 e. The van der Waals surface area contributed by atoms with Crippen molar-refractivity contribution in [2.24, 2.45) is 12.0 Å². The first kappa shape index (κ1) is 14.3. The Kier molecular flexibility index (Phi) is 4.23. The molecule has 0 aliphatic carbocycles. The van der Waals surface area contributed by atoms with E-state index in [2.05, 4.69) is 20.7 Å². The van der Waals surface area contributed by atoms with Crippen molar-refractivity contribution in [2.45, 2.75) is 13.0 Å². The zero-order valence-electron chi connectivity index (χ0n) is 12.1. The molecule has 0 spiro atoms. The predicted octanol–water partition coefficient (Wildman–Crippen LogP) is -0.500. The summed E-state index contributed by atoms with van der Waals surface area (Å²) >= 11 is 0. The lowest BCUT2D eigenvalue weighted by molar-refractivity contribution is -0.120. The Balaban J connectivity index is 2.22. The number of aliphatic imine (C=N–C) groups is 1. The molecule has 1 amide bonds. The van der Waals surface area contributed by atoms with Gasteiger partial charge in [-0.15, -0.1) is 0 Å². The molecule has 1 aliphatic rings. The van der Waals surface area contributed by atoms with E-state index in [1.54, 1.807) is 25.9 Å². The van der Waals surface area contributed by atoms with Crippen LogP contribution in [-0.4, -0.2) is 49.0 Å². The van der Waals surface area contributed by atoms with Crippen molar-refractivity contribution < 1.29 is 14.3 Å². The number of rotatable bonds is 5. The van der Waals surface area contributed by atoms with E-state index < -0.39 is 6.04 Å². The quantitative estimate of drug-likeness (QED) is 0.710. The Morgan fingerprint density at radius 2 is 2.20 bits per heavy atom. The normalized spacial score (nSPS) is 20.1. The van der Waals surface area contributed by atoms with Crippen molar-refractivity contribution >= 4 is 11.9 Å². The number of hydrogen-bond acceptors (Lipinski definition) is 5. The molecule has 20 heavy (non-hydrogen) atoms. The molecule has 1 unspecified atom stereocenters. The molecule has 2 rings (SSSR count). The summed E-state index contributed by atoms with van der Waals surface area (Å²) in [5, 5.41) is 10.0. The largest absolute Gasteiger partial charge is 0.481 e. The minimum absolute atomic E-state index is 0.171. The summed E-state index contributed by atoms with van der Waals surface area (Å²) in [5.74, 6) is 0.839. The van der Waals surface area contributed by atoms with Gasteiger partial charge in [-0.3, -0.25) is 15.1 Å². The average molecular weight is 281 g/mol. The van der Waals surface area contributed by atoms with Crippen LogP contribution in [0.1, 0.15) is 17.3 Å². The van der Waals surface area contributed by atoms with Crippen LogP contribution < -0.4 is 15.4 Å². The molecular formula is C12H19N5O3. The number of guanidine groups is 1. The maximum absolute atomic E-state index is 12.1. The van der Waals surface area contributed by atoms with Gasteiger partial charge in [0.15, 0.2) is 5.96 Å². The van der Waals surface area contributed by atoms with E-state index in [4.69, 9.17) is 9.47 Å². The van der Waals surface area contributed by atoms with E-state index in [1.807, 2.05) is 6.92 Å². The Morgan fingerprint density at radius 1 is 1.45 bits per heavy atom. The van der Waals surface area contributed by atoms with E-state index in [0.29, 0.717) is 25.0 Å². The van der Waals surface area contributed by atoms with Crippen LogP contribution in [0.2, 0.25) is 0 Å². The summed E-state index contributed by atoms with van der Waals surface area (Å²) in [5.41, 5.74) is 1.47. The van der Waals surface area contributed by atoms with Gasteiger partial charge in [0.05, 0.1) is 31.5 Å². The first-order valence-corrected chi connectivity index (χ1v) is 6.26. The maximum atomic E-state index is 12.1. The standard InChI is InChI=1S/C12H19N5O3/c1-7-8(11(20-4)17(2)16-7)9-10(18)15-12(14-9)13-5-6-19-3/h9H,5-6H2,1-4H3,(H2,13,14,15,18). The highest BCUT2D eigenvalue weighted by molar-refractivity contribution is 6.07. The third kappa shape index (κ3) is 2.60. The van der Waals surface area contributed by atoms with Gasteiger partial charge in [-0.2, -0.15) is 5.10 Å². The molecule has 1 saturated heterocycles. The number of nitrogens with zero attached hydrogens (tertiary/aromatic N) is 3. The highest BCUT2D eigenvalue weighted by atomic mass is 16.5. The average Bonchev–Trinajstić information content (AvgIpc) is 2.89. The van der Waals surface area contributed by atoms with Crippen LogP contribution in [-0.2, 0) is 16.6 Å². The lowest BCUT2D eigenvalue weighted by atomic mass is 10.1. The first-order chi connectivity index (χ1) is 9.58. The second-order valence-corrected chi connectivity index (χ2v) is 4.42. The van der Waals surface area contributed by atoms with Crippen LogP contribution in [0.5, 0.6) is 5.88 Å². The Labute approximate surface area is 117 Å². The van der Waals surface area contributed by atoms with Crippen LogP contribution >= 0.6 is 0 Å². The number of carbonyl (C=O) groups excluding carboxylic acids is 1. The molecule has 8 nitrogen and oxygen atoms in total. The smallest absolute Gasteiger partial charge is 0.254 e. The topological polar surface area (TPSA) is 89.8 Å². The Morgan fingerprint density at radius 3 is 2.85 bits per heavy atom. The summed E-state index contributed by atoms with van der Waals surface area (Å²) in [6, 6.07) is -0.542. The molecule has 1 aliphatic heterocycles. The number of nitrogens with one attached hydrogen (secondary N) is 2. The number of methoxy groups -OCH3 is 2. The Bertz CT molecular complexity index is 537. The Hall–Kier alpha value is -2.09. The second-order valence-electron chi connectivity index (χ2n) is 4.42. The highest BCUT2D eigenvalue weighted by Gasteiger charge is 2.35. The van der Waals surface area contributed by atoms with Gasteiger partial charge in [0.1, 0.15) is 6.04 Å². The molecule has 0 saturated carbocycles. The zero-order chi connectivity index (χ0) is 14.7. The van der Waals surface area contributed by atoms with Gasteiger partial charge >= 0.3 is 0 Å². The van der Waals surface area contributed by atoms with Crippen LogP contribution in [0.25, 0.3) is 0 Å². The van der Waals surface area contributed by atoms with E-state index in [-0.39, 0.29) is 5.91 Å². The van der Waals surface area contributed by atoms with Gasteiger partial charge in [0, 0.05) is 14.2 Å². The molecule has 0 aromatic carbocycles. The fraction of sp³-hybridized carbons (Fsp3) is 0.583. The van der Waals surface area contributed by atoms with Crippen molar-refractivity contribution in [3.05, 3.63) is 11.3 Å². The molecule has 0 bridgehead atoms. The fourth-order valence-electron chi connectivity index (χ4n) is 2.19. The van der Waals surface area contributed by atoms with Gasteiger partial charge < -0.3 is 14.8 Å². The molecule has 0 radical (unpaired) electrons. The minimum Gasteiger partial charge on any atom is -0.481 e. The van der Waals surface area contributed by atoms with E-state index in [1.165, 1.54) is 0 Å². The summed E-state index contributed by atoms with van der Waals surface area (Å²) in [6.07, 6.45) is 0. The van der Waals surface area contributed by atoms with Crippen molar-refractivity contribution in [2.75, 3.05) is 27.4 Å². The van der Waals surface area contributed by atoms with Crippen molar-refractivity contribution in [1.82, 2.24) is 20.4 Å². The molecule has 1 atom stereocenters. The molecule has 1 aromatic rings. The van der Waals surface area contributed by atoms with Gasteiger partial charge in [0.25, 0.3) is 5.91 Å². The second kappa shape index (κ2) is 5.91. The number of aromatic nitrogens is 2. The summed E-state index contributed by atoms with van der Waals surface area (Å²) < 4.78 is 11.8. The van der Waals surface area contributed by atoms with Crippen LogP contribution in [0.15, 0.2) is 4.99 Å². The lowest BCUT2D eigenvalue weighted by Crippen LogP contribution is -2.26.